The third-order valence-electron chi connectivity index (χ3n) is 6.23. The number of β-amino-alcohol motifs (C(OH)–C–C–N with tert-alkyl or cyclic N) is 1. The number of aryl methyl sites for hydroxylation is 1. The van der Waals surface area contributed by atoms with Crippen LogP contribution in [0.3, 0.4) is 0 Å². The van der Waals surface area contributed by atoms with E-state index in [0.29, 0.717) is 19.5 Å². The van der Waals surface area contributed by atoms with E-state index < -0.39 is 34.2 Å². The number of hydrogen-bond acceptors (Lipinski definition) is 9. The molecule has 2 aromatic carbocycles. The summed E-state index contributed by atoms with van der Waals surface area (Å²) in [5.41, 5.74) is -0.557. The van der Waals surface area contributed by atoms with E-state index in [0.717, 1.165) is 6.07 Å². The number of benzene rings is 2. The van der Waals surface area contributed by atoms with Gasteiger partial charge in [0.05, 0.1) is 16.6 Å². The summed E-state index contributed by atoms with van der Waals surface area (Å²) in [6, 6.07) is 6.14. The second-order valence-corrected chi connectivity index (χ2v) is 8.41. The summed E-state index contributed by atoms with van der Waals surface area (Å²) in [5.74, 6) is -1.26. The summed E-state index contributed by atoms with van der Waals surface area (Å²) >= 11 is 0. The maximum absolute atomic E-state index is 13.4. The van der Waals surface area contributed by atoms with Crippen molar-refractivity contribution in [3.05, 3.63) is 73.1 Å². The van der Waals surface area contributed by atoms with Gasteiger partial charge < -0.3 is 29.7 Å². The lowest BCUT2D eigenvalue weighted by molar-refractivity contribution is -0.384. The Morgan fingerprint density at radius 2 is 1.88 bits per heavy atom. The normalized spacial score (nSPS) is 20.1. The molecule has 174 valence electrons. The SMILES string of the molecule is Cc1oc2c([C@H]3CCN(C)C[C@H]3O)c(O)cc(O)c2c(=O)c1C(O)c1ccc([N+](=O)[O-])cc1. The van der Waals surface area contributed by atoms with Crippen molar-refractivity contribution in [1.82, 2.24) is 4.90 Å². The van der Waals surface area contributed by atoms with E-state index in [1.54, 1.807) is 0 Å². The van der Waals surface area contributed by atoms with Crippen molar-refractivity contribution in [3.63, 3.8) is 0 Å². The lowest BCUT2D eigenvalue weighted by atomic mass is 9.85. The largest absolute Gasteiger partial charge is 0.507 e. The first-order chi connectivity index (χ1) is 15.6. The Kier molecular flexibility index (Phi) is 5.83. The summed E-state index contributed by atoms with van der Waals surface area (Å²) < 4.78 is 5.89. The van der Waals surface area contributed by atoms with E-state index in [4.69, 9.17) is 4.42 Å². The van der Waals surface area contributed by atoms with Gasteiger partial charge >= 0.3 is 0 Å². The van der Waals surface area contributed by atoms with Crippen LogP contribution in [-0.2, 0) is 0 Å². The molecule has 0 radical (unpaired) electrons. The number of nitro benzene ring substituents is 1. The molecule has 0 amide bonds. The zero-order chi connectivity index (χ0) is 24.0. The lowest BCUT2D eigenvalue weighted by Gasteiger charge is -2.34. The average molecular weight is 456 g/mol. The Labute approximate surface area is 188 Å². The van der Waals surface area contributed by atoms with E-state index in [-0.39, 0.29) is 44.9 Å². The van der Waals surface area contributed by atoms with E-state index in [1.807, 2.05) is 11.9 Å². The lowest BCUT2D eigenvalue weighted by Crippen LogP contribution is -2.40. The molecule has 4 N–H and O–H groups in total. The number of likely N-dealkylation sites (N-methyl/N-ethyl adjacent to an activating group) is 1. The number of nitrogens with zero attached hydrogens (tertiary/aromatic N) is 2. The van der Waals surface area contributed by atoms with Crippen LogP contribution in [0.1, 0.15) is 40.9 Å². The van der Waals surface area contributed by atoms with Crippen LogP contribution in [0.25, 0.3) is 11.0 Å². The molecule has 33 heavy (non-hydrogen) atoms. The molecule has 3 aromatic rings. The fraction of sp³-hybridized carbons (Fsp3) is 0.348. The van der Waals surface area contributed by atoms with Crippen LogP contribution in [0.5, 0.6) is 11.5 Å². The van der Waals surface area contributed by atoms with Gasteiger partial charge in [-0.1, -0.05) is 0 Å². The quantitative estimate of drug-likeness (QED) is 0.341. The molecule has 0 aliphatic carbocycles. The molecule has 10 nitrogen and oxygen atoms in total. The second kappa shape index (κ2) is 8.47. The summed E-state index contributed by atoms with van der Waals surface area (Å²) in [5, 5.41) is 53.2. The van der Waals surface area contributed by atoms with E-state index in [2.05, 4.69) is 0 Å². The number of rotatable bonds is 4. The minimum Gasteiger partial charge on any atom is -0.507 e. The van der Waals surface area contributed by atoms with Crippen LogP contribution in [0, 0.1) is 17.0 Å². The highest BCUT2D eigenvalue weighted by atomic mass is 16.6. The fourth-order valence-corrected chi connectivity index (χ4v) is 4.52. The van der Waals surface area contributed by atoms with Crippen LogP contribution in [0.15, 0.2) is 39.5 Å². The van der Waals surface area contributed by atoms with E-state index in [1.165, 1.54) is 31.2 Å². The third kappa shape index (κ3) is 3.92. The molecule has 1 aliphatic rings. The smallest absolute Gasteiger partial charge is 0.269 e. The van der Waals surface area contributed by atoms with Gasteiger partial charge in [-0.2, -0.15) is 0 Å². The van der Waals surface area contributed by atoms with Crippen molar-refractivity contribution in [3.8, 4) is 11.5 Å². The standard InChI is InChI=1S/C23H24N2O8/c1-11-18(21(29)12-3-5-13(6-4-12)25(31)32)22(30)20-16(27)9-15(26)19(23(20)33-11)14-7-8-24(2)10-17(14)28/h3-6,9,14,17,21,26-29H,7-8,10H2,1-2H3/t14-,17+,21?/m0/s1. The summed E-state index contributed by atoms with van der Waals surface area (Å²) in [4.78, 5) is 25.7. The number of aliphatic hydroxyl groups excluding tert-OH is 2. The van der Waals surface area contributed by atoms with Gasteiger partial charge in [0.25, 0.3) is 5.69 Å². The summed E-state index contributed by atoms with van der Waals surface area (Å²) in [6.45, 7) is 2.50. The number of aromatic hydroxyl groups is 2. The number of likely N-dealkylation sites (tertiary alicyclic amines) is 1. The maximum atomic E-state index is 13.4. The minimum absolute atomic E-state index is 0.0387. The predicted octanol–water partition coefficient (Wildman–Crippen LogP) is 2.28. The Morgan fingerprint density at radius 1 is 1.21 bits per heavy atom. The van der Waals surface area contributed by atoms with Crippen LogP contribution < -0.4 is 5.43 Å². The predicted molar refractivity (Wildman–Crippen MR) is 119 cm³/mol. The van der Waals surface area contributed by atoms with Crippen LogP contribution in [0.4, 0.5) is 5.69 Å². The molecule has 3 atom stereocenters. The molecule has 1 saturated heterocycles. The zero-order valence-corrected chi connectivity index (χ0v) is 18.1. The van der Waals surface area contributed by atoms with Gasteiger partial charge in [0.15, 0.2) is 0 Å². The van der Waals surface area contributed by atoms with Gasteiger partial charge in [0.1, 0.15) is 34.3 Å². The number of hydrogen-bond donors (Lipinski definition) is 4. The Balaban J connectivity index is 1.88. The van der Waals surface area contributed by atoms with Crippen LogP contribution >= 0.6 is 0 Å². The van der Waals surface area contributed by atoms with Crippen molar-refractivity contribution in [2.75, 3.05) is 20.1 Å². The Hall–Kier alpha value is -3.47. The Bertz CT molecular complexity index is 1280. The highest BCUT2D eigenvalue weighted by molar-refractivity contribution is 5.89. The van der Waals surface area contributed by atoms with Crippen LogP contribution in [0.2, 0.25) is 0 Å². The van der Waals surface area contributed by atoms with Crippen molar-refractivity contribution < 1.29 is 29.8 Å². The highest BCUT2D eigenvalue weighted by Crippen LogP contribution is 2.42. The van der Waals surface area contributed by atoms with Crippen molar-refractivity contribution in [1.29, 1.82) is 0 Å². The number of phenolic OH excluding ortho intramolecular Hbond substituents is 2. The molecule has 2 heterocycles. The van der Waals surface area contributed by atoms with Gasteiger partial charge in [-0.05, 0) is 44.6 Å². The Morgan fingerprint density at radius 3 is 2.48 bits per heavy atom. The second-order valence-electron chi connectivity index (χ2n) is 8.41. The van der Waals surface area contributed by atoms with Gasteiger partial charge in [0, 0.05) is 36.2 Å². The van der Waals surface area contributed by atoms with Crippen molar-refractivity contribution >= 4 is 16.7 Å². The van der Waals surface area contributed by atoms with Gasteiger partial charge in [-0.15, -0.1) is 0 Å². The van der Waals surface area contributed by atoms with E-state index >= 15 is 0 Å². The molecule has 1 unspecified atom stereocenters. The van der Waals surface area contributed by atoms with Gasteiger partial charge in [-0.25, -0.2) is 0 Å². The maximum Gasteiger partial charge on any atom is 0.269 e. The monoisotopic (exact) mass is 456 g/mol. The molecule has 0 spiro atoms. The molecule has 4 rings (SSSR count). The van der Waals surface area contributed by atoms with Gasteiger partial charge in [-0.3, -0.25) is 14.9 Å². The van der Waals surface area contributed by atoms with Crippen molar-refractivity contribution in [2.45, 2.75) is 31.5 Å². The van der Waals surface area contributed by atoms with Gasteiger partial charge in [0.2, 0.25) is 5.43 Å². The first-order valence-electron chi connectivity index (χ1n) is 10.4. The summed E-state index contributed by atoms with van der Waals surface area (Å²) in [6.07, 6.45) is -1.78. The molecule has 1 aromatic heterocycles. The topological polar surface area (TPSA) is 158 Å². The molecular weight excluding hydrogens is 432 g/mol. The number of aliphatic hydroxyl groups is 2. The molecule has 10 heteroatoms. The number of nitro groups is 1. The number of non-ortho nitro benzene ring substituents is 1. The van der Waals surface area contributed by atoms with E-state index in [9.17, 15) is 35.3 Å². The fourth-order valence-electron chi connectivity index (χ4n) is 4.52. The molecule has 1 fully saturated rings. The number of piperidine rings is 1. The third-order valence-corrected chi connectivity index (χ3v) is 6.23. The molecular formula is C23H24N2O8. The minimum atomic E-state index is -1.46. The van der Waals surface area contributed by atoms with Crippen LogP contribution in [-0.4, -0.2) is 56.5 Å². The zero-order valence-electron chi connectivity index (χ0n) is 18.1. The first kappa shape index (κ1) is 22.7. The highest BCUT2D eigenvalue weighted by Gasteiger charge is 2.34. The summed E-state index contributed by atoms with van der Waals surface area (Å²) in [7, 11) is 1.87. The molecule has 0 bridgehead atoms. The first-order valence-corrected chi connectivity index (χ1v) is 10.4. The number of phenols is 2. The number of fused-ring (bicyclic) bond motifs is 1. The molecule has 0 saturated carbocycles. The average Bonchev–Trinajstić information content (AvgIpc) is 2.74. The molecule has 1 aliphatic heterocycles. The van der Waals surface area contributed by atoms with Crippen molar-refractivity contribution in [2.24, 2.45) is 0 Å².